The summed E-state index contributed by atoms with van der Waals surface area (Å²) in [5.74, 6) is 0. The molecule has 1 fully saturated rings. The predicted octanol–water partition coefficient (Wildman–Crippen LogP) is 1.75. The van der Waals surface area contributed by atoms with E-state index in [0.717, 1.165) is 32.4 Å². The molecule has 0 aromatic heterocycles. The van der Waals surface area contributed by atoms with Gasteiger partial charge in [0.15, 0.2) is 6.19 Å². The lowest BCUT2D eigenvalue weighted by molar-refractivity contribution is -0.00773. The molecule has 1 atom stereocenters. The third kappa shape index (κ3) is 2.89. The van der Waals surface area contributed by atoms with Gasteiger partial charge in [0.2, 0.25) is 0 Å². The van der Waals surface area contributed by atoms with Gasteiger partial charge in [0.25, 0.3) is 0 Å². The van der Waals surface area contributed by atoms with E-state index in [1.165, 1.54) is 0 Å². The molecular formula is C10H18N2O. The first-order valence-electron chi connectivity index (χ1n) is 5.10. The largest absolute Gasteiger partial charge is 0.373 e. The molecular weight excluding hydrogens is 164 g/mol. The van der Waals surface area contributed by atoms with Crippen molar-refractivity contribution in [1.82, 2.24) is 4.90 Å². The van der Waals surface area contributed by atoms with Crippen molar-refractivity contribution in [2.24, 2.45) is 0 Å². The first-order valence-corrected chi connectivity index (χ1v) is 5.10. The number of hydrogen-bond donors (Lipinski definition) is 0. The Kier molecular flexibility index (Phi) is 4.04. The molecule has 0 spiro atoms. The van der Waals surface area contributed by atoms with Crippen molar-refractivity contribution in [2.45, 2.75) is 45.3 Å². The minimum absolute atomic E-state index is 0.282. The SMILES string of the molecule is CCC(CC)O[C@@H]1CCN(C#N)C1. The fourth-order valence-electron chi connectivity index (χ4n) is 1.68. The molecule has 1 saturated heterocycles. The van der Waals surface area contributed by atoms with Gasteiger partial charge in [0.1, 0.15) is 0 Å². The topological polar surface area (TPSA) is 36.3 Å². The number of ether oxygens (including phenoxy) is 1. The Hall–Kier alpha value is -0.750. The van der Waals surface area contributed by atoms with Gasteiger partial charge in [-0.3, -0.25) is 0 Å². The van der Waals surface area contributed by atoms with Crippen molar-refractivity contribution in [3.8, 4) is 6.19 Å². The van der Waals surface area contributed by atoms with E-state index in [2.05, 4.69) is 20.0 Å². The Balaban J connectivity index is 2.27. The van der Waals surface area contributed by atoms with Gasteiger partial charge >= 0.3 is 0 Å². The Morgan fingerprint density at radius 2 is 2.23 bits per heavy atom. The summed E-state index contributed by atoms with van der Waals surface area (Å²) in [5.41, 5.74) is 0. The summed E-state index contributed by atoms with van der Waals surface area (Å²) in [7, 11) is 0. The minimum Gasteiger partial charge on any atom is -0.373 e. The van der Waals surface area contributed by atoms with Crippen LogP contribution in [0.2, 0.25) is 0 Å². The molecule has 0 bridgehead atoms. The standard InChI is InChI=1S/C10H18N2O/c1-3-9(4-2)13-10-5-6-12(7-10)8-11/h9-10H,3-7H2,1-2H3/t10-/m1/s1. The van der Waals surface area contributed by atoms with Crippen molar-refractivity contribution in [3.05, 3.63) is 0 Å². The molecule has 1 heterocycles. The maximum Gasteiger partial charge on any atom is 0.179 e. The molecule has 3 heteroatoms. The third-order valence-electron chi connectivity index (χ3n) is 2.58. The molecule has 1 rings (SSSR count). The number of nitrogens with zero attached hydrogens (tertiary/aromatic N) is 2. The summed E-state index contributed by atoms with van der Waals surface area (Å²) >= 11 is 0. The third-order valence-corrected chi connectivity index (χ3v) is 2.58. The Bertz CT molecular complexity index is 184. The van der Waals surface area contributed by atoms with Crippen LogP contribution >= 0.6 is 0 Å². The van der Waals surface area contributed by atoms with E-state index in [-0.39, 0.29) is 6.10 Å². The van der Waals surface area contributed by atoms with Gasteiger partial charge in [-0.05, 0) is 19.3 Å². The van der Waals surface area contributed by atoms with Gasteiger partial charge in [-0.2, -0.15) is 5.26 Å². The summed E-state index contributed by atoms with van der Waals surface area (Å²) < 4.78 is 5.85. The molecule has 0 aromatic carbocycles. The van der Waals surface area contributed by atoms with E-state index in [9.17, 15) is 0 Å². The second-order valence-corrected chi connectivity index (χ2v) is 3.53. The molecule has 0 amide bonds. The molecule has 13 heavy (non-hydrogen) atoms. The van der Waals surface area contributed by atoms with Crippen LogP contribution in [0.15, 0.2) is 0 Å². The lowest BCUT2D eigenvalue weighted by Crippen LogP contribution is -2.24. The van der Waals surface area contributed by atoms with Gasteiger partial charge in [-0.15, -0.1) is 0 Å². The maximum atomic E-state index is 8.65. The summed E-state index contributed by atoms with van der Waals surface area (Å²) in [6, 6.07) is 0. The van der Waals surface area contributed by atoms with Crippen LogP contribution in [0.5, 0.6) is 0 Å². The van der Waals surface area contributed by atoms with Crippen LogP contribution in [0.25, 0.3) is 0 Å². The quantitative estimate of drug-likeness (QED) is 0.621. The summed E-state index contributed by atoms with van der Waals surface area (Å²) in [5, 5.41) is 8.65. The van der Waals surface area contributed by atoms with Crippen LogP contribution in [0.3, 0.4) is 0 Å². The van der Waals surface area contributed by atoms with E-state index < -0.39 is 0 Å². The molecule has 0 unspecified atom stereocenters. The molecule has 1 aliphatic heterocycles. The average molecular weight is 182 g/mol. The van der Waals surface area contributed by atoms with Gasteiger partial charge < -0.3 is 9.64 Å². The number of likely N-dealkylation sites (tertiary alicyclic amines) is 1. The Labute approximate surface area is 80.3 Å². The van der Waals surface area contributed by atoms with Crippen LogP contribution in [-0.2, 0) is 4.74 Å². The lowest BCUT2D eigenvalue weighted by Gasteiger charge is -2.18. The van der Waals surface area contributed by atoms with Gasteiger partial charge in [0, 0.05) is 6.54 Å². The van der Waals surface area contributed by atoms with E-state index in [1.807, 2.05) is 0 Å². The van der Waals surface area contributed by atoms with E-state index in [4.69, 9.17) is 10.00 Å². The van der Waals surface area contributed by atoms with Crippen molar-refractivity contribution in [2.75, 3.05) is 13.1 Å². The monoisotopic (exact) mass is 182 g/mol. The summed E-state index contributed by atoms with van der Waals surface area (Å²) in [4.78, 5) is 1.77. The predicted molar refractivity (Wildman–Crippen MR) is 51.0 cm³/mol. The van der Waals surface area contributed by atoms with Gasteiger partial charge in [-0.1, -0.05) is 13.8 Å². The number of rotatable bonds is 4. The van der Waals surface area contributed by atoms with Crippen molar-refractivity contribution >= 4 is 0 Å². The highest BCUT2D eigenvalue weighted by atomic mass is 16.5. The van der Waals surface area contributed by atoms with Crippen LogP contribution in [-0.4, -0.2) is 30.2 Å². The van der Waals surface area contributed by atoms with E-state index in [0.29, 0.717) is 6.10 Å². The molecule has 0 radical (unpaired) electrons. The molecule has 74 valence electrons. The molecule has 0 N–H and O–H groups in total. The maximum absolute atomic E-state index is 8.65. The van der Waals surface area contributed by atoms with Crippen LogP contribution in [0, 0.1) is 11.5 Å². The van der Waals surface area contributed by atoms with E-state index >= 15 is 0 Å². The highest BCUT2D eigenvalue weighted by Crippen LogP contribution is 2.15. The molecule has 0 aliphatic carbocycles. The number of nitriles is 1. The fraction of sp³-hybridized carbons (Fsp3) is 0.900. The van der Waals surface area contributed by atoms with Gasteiger partial charge in [0.05, 0.1) is 18.8 Å². The van der Waals surface area contributed by atoms with Crippen molar-refractivity contribution in [1.29, 1.82) is 5.26 Å². The normalized spacial score (nSPS) is 22.3. The summed E-state index contributed by atoms with van der Waals surface area (Å²) in [6.07, 6.45) is 5.96. The molecule has 0 aromatic rings. The average Bonchev–Trinajstić information content (AvgIpc) is 2.61. The smallest absolute Gasteiger partial charge is 0.179 e. The zero-order chi connectivity index (χ0) is 9.68. The van der Waals surface area contributed by atoms with Crippen molar-refractivity contribution in [3.63, 3.8) is 0 Å². The van der Waals surface area contributed by atoms with Crippen LogP contribution in [0.1, 0.15) is 33.1 Å². The van der Waals surface area contributed by atoms with Gasteiger partial charge in [-0.25, -0.2) is 0 Å². The number of hydrogen-bond acceptors (Lipinski definition) is 3. The summed E-state index contributed by atoms with van der Waals surface area (Å²) in [6.45, 7) is 5.94. The van der Waals surface area contributed by atoms with Crippen LogP contribution in [0.4, 0.5) is 0 Å². The second-order valence-electron chi connectivity index (χ2n) is 3.53. The highest BCUT2D eigenvalue weighted by molar-refractivity contribution is 4.85. The van der Waals surface area contributed by atoms with Crippen molar-refractivity contribution < 1.29 is 4.74 Å². The highest BCUT2D eigenvalue weighted by Gasteiger charge is 2.23. The van der Waals surface area contributed by atoms with Crippen LogP contribution < -0.4 is 0 Å². The molecule has 1 aliphatic rings. The lowest BCUT2D eigenvalue weighted by atomic mass is 10.2. The second kappa shape index (κ2) is 5.08. The first kappa shape index (κ1) is 10.3. The zero-order valence-corrected chi connectivity index (χ0v) is 8.49. The zero-order valence-electron chi connectivity index (χ0n) is 8.49. The molecule has 3 nitrogen and oxygen atoms in total. The first-order chi connectivity index (χ1) is 6.30. The minimum atomic E-state index is 0.282. The fourth-order valence-corrected chi connectivity index (χ4v) is 1.68. The Morgan fingerprint density at radius 3 is 2.69 bits per heavy atom. The van der Waals surface area contributed by atoms with E-state index in [1.54, 1.807) is 4.90 Å². The molecule has 0 saturated carbocycles. The Morgan fingerprint density at radius 1 is 1.54 bits per heavy atom.